The van der Waals surface area contributed by atoms with Crippen LogP contribution in [0.25, 0.3) is 21.8 Å². The lowest BCUT2D eigenvalue weighted by atomic mass is 9.87. The van der Waals surface area contributed by atoms with Crippen LogP contribution >= 0.6 is 0 Å². The van der Waals surface area contributed by atoms with Gasteiger partial charge in [-0.3, -0.25) is 24.4 Å². The van der Waals surface area contributed by atoms with Crippen molar-refractivity contribution >= 4 is 73.7 Å². The van der Waals surface area contributed by atoms with Crippen LogP contribution in [0.1, 0.15) is 77.6 Å². The van der Waals surface area contributed by atoms with Gasteiger partial charge in [0.15, 0.2) is 0 Å². The predicted octanol–water partition coefficient (Wildman–Crippen LogP) is 11.5. The van der Waals surface area contributed by atoms with Crippen molar-refractivity contribution in [3.05, 3.63) is 191 Å². The molecule has 0 aliphatic carbocycles. The molecule has 0 bridgehead atoms. The number of nitrogens with one attached hydrogen (secondary N) is 5. The van der Waals surface area contributed by atoms with Crippen molar-refractivity contribution in [2.75, 3.05) is 44.6 Å². The van der Waals surface area contributed by atoms with Crippen LogP contribution in [0, 0.1) is 0 Å². The molecule has 0 fully saturated rings. The van der Waals surface area contributed by atoms with Gasteiger partial charge in [0, 0.05) is 101 Å². The van der Waals surface area contributed by atoms with Crippen molar-refractivity contribution in [2.24, 2.45) is 0 Å². The van der Waals surface area contributed by atoms with E-state index in [4.69, 9.17) is 0 Å². The lowest BCUT2D eigenvalue weighted by Gasteiger charge is -2.19. The van der Waals surface area contributed by atoms with Gasteiger partial charge in [0.25, 0.3) is 11.8 Å². The highest BCUT2D eigenvalue weighted by Gasteiger charge is 2.37. The largest absolute Gasteiger partial charge is 0.384 e. The zero-order chi connectivity index (χ0) is 46.7. The second-order valence-corrected chi connectivity index (χ2v) is 18.4. The lowest BCUT2D eigenvalue weighted by Crippen LogP contribution is -2.32. The van der Waals surface area contributed by atoms with Crippen LogP contribution in [0.15, 0.2) is 158 Å². The standard InChI is InChI=1S/C29H28N4O2.C27H26N4O/c1-19(34)33-18-29(2,3)24-13-12-21(16-27(24)33)32-28(35)23-9-5-7-11-26(23)31-17-20-14-15-30-25-10-6-4-8-22(20)25;1-27(2)17-30-25-15-19(11-12-22(25)27)31-26(32)21-8-4-6-10-24(21)29-16-18-13-14-28-23-9-5-3-7-20(18)23/h4-16,31H,17-18H2,1-3H3,(H,32,35);3-15,29-30H,16-17H2,1-2H3,(H,31,32). The summed E-state index contributed by atoms with van der Waals surface area (Å²) >= 11 is 0. The first-order valence-electron chi connectivity index (χ1n) is 22.6. The van der Waals surface area contributed by atoms with Crippen molar-refractivity contribution in [3.8, 4) is 0 Å². The molecule has 0 saturated carbocycles. The first kappa shape index (κ1) is 44.2. The second kappa shape index (κ2) is 18.4. The number of anilines is 6. The Morgan fingerprint density at radius 1 is 0.582 bits per heavy atom. The number of para-hydroxylation sites is 4. The zero-order valence-corrected chi connectivity index (χ0v) is 38.4. The lowest BCUT2D eigenvalue weighted by molar-refractivity contribution is -0.116. The maximum Gasteiger partial charge on any atom is 0.257 e. The molecule has 336 valence electrons. The molecule has 6 aromatic carbocycles. The van der Waals surface area contributed by atoms with Crippen LogP contribution in [-0.4, -0.2) is 40.8 Å². The minimum atomic E-state index is -0.209. The van der Waals surface area contributed by atoms with Crippen LogP contribution < -0.4 is 31.5 Å². The molecule has 0 radical (unpaired) electrons. The predicted molar refractivity (Wildman–Crippen MR) is 272 cm³/mol. The summed E-state index contributed by atoms with van der Waals surface area (Å²) in [7, 11) is 0. The Bertz CT molecular complexity index is 3170. The Balaban J connectivity index is 0.000000169. The van der Waals surface area contributed by atoms with Gasteiger partial charge in [0.05, 0.1) is 22.2 Å². The summed E-state index contributed by atoms with van der Waals surface area (Å²) in [6, 6.07) is 47.1. The molecule has 0 spiro atoms. The van der Waals surface area contributed by atoms with Crippen molar-refractivity contribution in [3.63, 3.8) is 0 Å². The smallest absolute Gasteiger partial charge is 0.257 e. The fourth-order valence-corrected chi connectivity index (χ4v) is 9.09. The van der Waals surface area contributed by atoms with Crippen molar-refractivity contribution in [1.82, 2.24) is 9.97 Å². The molecule has 2 aromatic heterocycles. The van der Waals surface area contributed by atoms with E-state index in [1.807, 2.05) is 128 Å². The Labute approximate surface area is 391 Å². The van der Waals surface area contributed by atoms with Gasteiger partial charge >= 0.3 is 0 Å². The normalized spacial score (nSPS) is 14.0. The summed E-state index contributed by atoms with van der Waals surface area (Å²) in [5.74, 6) is -0.345. The molecule has 67 heavy (non-hydrogen) atoms. The van der Waals surface area contributed by atoms with Gasteiger partial charge in [0.2, 0.25) is 5.91 Å². The quantitative estimate of drug-likeness (QED) is 0.0914. The number of amides is 3. The summed E-state index contributed by atoms with van der Waals surface area (Å²) in [5, 5.41) is 18.6. The Kier molecular flexibility index (Phi) is 12.2. The summed E-state index contributed by atoms with van der Waals surface area (Å²) in [6.45, 7) is 13.0. The highest BCUT2D eigenvalue weighted by Crippen LogP contribution is 2.42. The first-order chi connectivity index (χ1) is 32.3. The number of fused-ring (bicyclic) bond motifs is 4. The molecule has 5 N–H and O–H groups in total. The molecular weight excluding hydrogens is 833 g/mol. The average Bonchev–Trinajstić information content (AvgIpc) is 3.80. The molecule has 11 nitrogen and oxygen atoms in total. The number of pyridine rings is 2. The van der Waals surface area contributed by atoms with Crippen molar-refractivity contribution in [1.29, 1.82) is 0 Å². The van der Waals surface area contributed by atoms with Gasteiger partial charge in [-0.25, -0.2) is 0 Å². The Morgan fingerprint density at radius 2 is 1.07 bits per heavy atom. The highest BCUT2D eigenvalue weighted by atomic mass is 16.2. The zero-order valence-electron chi connectivity index (χ0n) is 38.4. The maximum atomic E-state index is 13.3. The van der Waals surface area contributed by atoms with Crippen LogP contribution in [0.5, 0.6) is 0 Å². The molecule has 2 aliphatic rings. The molecule has 11 heteroatoms. The molecule has 2 aliphatic heterocycles. The Hall–Kier alpha value is -8.05. The number of rotatable bonds is 10. The van der Waals surface area contributed by atoms with Crippen LogP contribution in [0.4, 0.5) is 34.1 Å². The van der Waals surface area contributed by atoms with Crippen LogP contribution in [0.2, 0.25) is 0 Å². The number of hydrogen-bond acceptors (Lipinski definition) is 8. The van der Waals surface area contributed by atoms with E-state index in [0.717, 1.165) is 73.5 Å². The molecule has 4 heterocycles. The molecule has 8 aromatic rings. The molecule has 10 rings (SSSR count). The number of hydrogen-bond donors (Lipinski definition) is 5. The third-order valence-corrected chi connectivity index (χ3v) is 12.7. The van der Waals surface area contributed by atoms with E-state index in [1.54, 1.807) is 24.1 Å². The van der Waals surface area contributed by atoms with E-state index in [9.17, 15) is 14.4 Å². The average molecular weight is 887 g/mol. The van der Waals surface area contributed by atoms with Crippen molar-refractivity contribution < 1.29 is 14.4 Å². The van der Waals surface area contributed by atoms with E-state index in [0.29, 0.717) is 36.4 Å². The monoisotopic (exact) mass is 886 g/mol. The van der Waals surface area contributed by atoms with E-state index in [2.05, 4.69) is 82.4 Å². The SMILES string of the molecule is CC(=O)N1CC(C)(C)c2ccc(NC(=O)c3ccccc3NCc3ccnc4ccccc34)cc21.CC1(C)CNc2cc(NC(=O)c3ccccc3NCc3ccnc4ccccc34)ccc21. The summed E-state index contributed by atoms with van der Waals surface area (Å²) in [4.78, 5) is 49.2. The van der Waals surface area contributed by atoms with Crippen molar-refractivity contribution in [2.45, 2.75) is 58.5 Å². The number of aromatic nitrogens is 2. The third kappa shape index (κ3) is 9.40. The van der Waals surface area contributed by atoms with Crippen LogP contribution in [0.3, 0.4) is 0 Å². The fraction of sp³-hybridized carbons (Fsp3) is 0.196. The summed E-state index contributed by atoms with van der Waals surface area (Å²) < 4.78 is 0. The minimum Gasteiger partial charge on any atom is -0.384 e. The minimum absolute atomic E-state index is 0.00140. The van der Waals surface area contributed by atoms with Gasteiger partial charge in [-0.2, -0.15) is 0 Å². The van der Waals surface area contributed by atoms with Gasteiger partial charge in [-0.05, 0) is 95.1 Å². The van der Waals surface area contributed by atoms with Gasteiger partial charge in [0.1, 0.15) is 0 Å². The summed E-state index contributed by atoms with van der Waals surface area (Å²) in [5.41, 5.74) is 12.6. The van der Waals surface area contributed by atoms with E-state index in [-0.39, 0.29) is 28.6 Å². The molecular formula is C56H54N8O3. The van der Waals surface area contributed by atoms with E-state index in [1.165, 1.54) is 5.56 Å². The number of benzene rings is 6. The topological polar surface area (TPSA) is 140 Å². The first-order valence-corrected chi connectivity index (χ1v) is 22.6. The number of nitrogens with zero attached hydrogens (tertiary/aromatic N) is 3. The highest BCUT2D eigenvalue weighted by molar-refractivity contribution is 6.09. The van der Waals surface area contributed by atoms with Crippen LogP contribution in [-0.2, 0) is 28.7 Å². The van der Waals surface area contributed by atoms with E-state index < -0.39 is 0 Å². The fourth-order valence-electron chi connectivity index (χ4n) is 9.09. The maximum absolute atomic E-state index is 13.3. The number of carbonyl (C=O) groups excluding carboxylic acids is 3. The molecule has 3 amide bonds. The van der Waals surface area contributed by atoms with E-state index >= 15 is 0 Å². The number of carbonyl (C=O) groups is 3. The Morgan fingerprint density at radius 3 is 1.63 bits per heavy atom. The molecule has 0 unspecified atom stereocenters. The van der Waals surface area contributed by atoms with Gasteiger partial charge in [-0.15, -0.1) is 0 Å². The molecule has 0 saturated heterocycles. The molecule has 0 atom stereocenters. The van der Waals surface area contributed by atoms with Gasteiger partial charge in [-0.1, -0.05) is 100 Å². The summed E-state index contributed by atoms with van der Waals surface area (Å²) in [6.07, 6.45) is 3.62. The third-order valence-electron chi connectivity index (χ3n) is 12.7. The second-order valence-electron chi connectivity index (χ2n) is 18.4. The van der Waals surface area contributed by atoms with Gasteiger partial charge < -0.3 is 31.5 Å².